The lowest BCUT2D eigenvalue weighted by Gasteiger charge is -2.20. The van der Waals surface area contributed by atoms with Gasteiger partial charge in [0.05, 0.1) is 12.5 Å². The van der Waals surface area contributed by atoms with Crippen molar-refractivity contribution in [1.29, 1.82) is 0 Å². The number of nitrogens with zero attached hydrogens (tertiary/aromatic N) is 1. The van der Waals surface area contributed by atoms with E-state index >= 15 is 0 Å². The van der Waals surface area contributed by atoms with Gasteiger partial charge >= 0.3 is 12.0 Å². The number of rotatable bonds is 7. The molecule has 1 atom stereocenters. The molecule has 0 saturated carbocycles. The Bertz CT molecular complexity index is 478. The van der Waals surface area contributed by atoms with Crippen LogP contribution in [0.4, 0.5) is 4.79 Å². The largest absolute Gasteiger partial charge is 0.492 e. The second kappa shape index (κ2) is 8.36. The molecule has 21 heavy (non-hydrogen) atoms. The summed E-state index contributed by atoms with van der Waals surface area (Å²) in [5.41, 5.74) is 0. The summed E-state index contributed by atoms with van der Waals surface area (Å²) in [5, 5.41) is 12.1. The van der Waals surface area contributed by atoms with Gasteiger partial charge in [-0.25, -0.2) is 4.79 Å². The van der Waals surface area contributed by atoms with Gasteiger partial charge in [0, 0.05) is 18.6 Å². The number of hydrogen-bond donors (Lipinski definition) is 2. The Morgan fingerprint density at radius 1 is 1.38 bits per heavy atom. The summed E-state index contributed by atoms with van der Waals surface area (Å²) in [6, 6.07) is 6.59. The number of carbonyl (C=O) groups is 2. The fourth-order valence-corrected chi connectivity index (χ4v) is 1.69. The molecule has 0 fully saturated rings. The van der Waals surface area contributed by atoms with Crippen molar-refractivity contribution in [3.05, 3.63) is 29.3 Å². The molecule has 1 aromatic carbocycles. The highest BCUT2D eigenvalue weighted by atomic mass is 35.5. The standard InChI is InChI=1S/C14H19ClN2O4/c1-10(13(18)19)9-17(2)14(20)16-7-8-21-12-5-3-11(15)4-6-12/h3-6,10H,7-9H2,1-2H3,(H,16,20)(H,18,19). The van der Waals surface area contributed by atoms with E-state index in [-0.39, 0.29) is 12.6 Å². The van der Waals surface area contributed by atoms with Crippen molar-refractivity contribution < 1.29 is 19.4 Å². The third kappa shape index (κ3) is 6.35. The van der Waals surface area contributed by atoms with Crippen molar-refractivity contribution in [1.82, 2.24) is 10.2 Å². The van der Waals surface area contributed by atoms with Crippen LogP contribution < -0.4 is 10.1 Å². The molecule has 1 rings (SSSR count). The average molecular weight is 315 g/mol. The van der Waals surface area contributed by atoms with Gasteiger partial charge in [-0.2, -0.15) is 0 Å². The van der Waals surface area contributed by atoms with Crippen molar-refractivity contribution in [2.75, 3.05) is 26.7 Å². The van der Waals surface area contributed by atoms with E-state index in [9.17, 15) is 9.59 Å². The van der Waals surface area contributed by atoms with Crippen LogP contribution in [0.3, 0.4) is 0 Å². The smallest absolute Gasteiger partial charge is 0.317 e. The normalized spacial score (nSPS) is 11.6. The monoisotopic (exact) mass is 314 g/mol. The minimum atomic E-state index is -0.930. The molecule has 1 unspecified atom stereocenters. The highest BCUT2D eigenvalue weighted by molar-refractivity contribution is 6.30. The molecule has 0 aromatic heterocycles. The second-order valence-electron chi connectivity index (χ2n) is 4.65. The minimum Gasteiger partial charge on any atom is -0.492 e. The van der Waals surface area contributed by atoms with Crippen LogP contribution in [0, 0.1) is 5.92 Å². The minimum absolute atomic E-state index is 0.152. The first kappa shape index (κ1) is 17.1. The zero-order chi connectivity index (χ0) is 15.8. The number of urea groups is 1. The predicted molar refractivity (Wildman–Crippen MR) is 79.8 cm³/mol. The molecule has 7 heteroatoms. The van der Waals surface area contributed by atoms with Gasteiger partial charge in [0.25, 0.3) is 0 Å². The summed E-state index contributed by atoms with van der Waals surface area (Å²) < 4.78 is 5.42. The molecule has 0 saturated heterocycles. The first-order chi connectivity index (χ1) is 9.90. The molecule has 0 radical (unpaired) electrons. The van der Waals surface area contributed by atoms with Crippen LogP contribution in [-0.2, 0) is 4.79 Å². The fraction of sp³-hybridized carbons (Fsp3) is 0.429. The molecule has 6 nitrogen and oxygen atoms in total. The quantitative estimate of drug-likeness (QED) is 0.755. The summed E-state index contributed by atoms with van der Waals surface area (Å²) in [6.45, 7) is 2.35. The summed E-state index contributed by atoms with van der Waals surface area (Å²) in [7, 11) is 1.55. The van der Waals surface area contributed by atoms with E-state index in [0.717, 1.165) is 0 Å². The van der Waals surface area contributed by atoms with E-state index in [2.05, 4.69) is 5.32 Å². The number of ether oxygens (including phenoxy) is 1. The Balaban J connectivity index is 2.24. The Morgan fingerprint density at radius 3 is 2.57 bits per heavy atom. The molecule has 0 heterocycles. The molecular formula is C14H19ClN2O4. The number of aliphatic carboxylic acids is 1. The molecule has 116 valence electrons. The molecule has 0 bridgehead atoms. The average Bonchev–Trinajstić information content (AvgIpc) is 2.44. The zero-order valence-corrected chi connectivity index (χ0v) is 12.8. The van der Waals surface area contributed by atoms with Gasteiger partial charge in [-0.1, -0.05) is 18.5 Å². The Hall–Kier alpha value is -1.95. The number of amides is 2. The van der Waals surface area contributed by atoms with Crippen LogP contribution in [0.2, 0.25) is 5.02 Å². The summed E-state index contributed by atoms with van der Waals surface area (Å²) in [5.74, 6) is -0.867. The van der Waals surface area contributed by atoms with Crippen molar-refractivity contribution >= 4 is 23.6 Å². The predicted octanol–water partition coefficient (Wildman–Crippen LogP) is 2.08. The highest BCUT2D eigenvalue weighted by Gasteiger charge is 2.16. The maximum absolute atomic E-state index is 11.7. The van der Waals surface area contributed by atoms with Crippen molar-refractivity contribution in [3.63, 3.8) is 0 Å². The van der Waals surface area contributed by atoms with Crippen LogP contribution in [0.1, 0.15) is 6.92 Å². The number of carboxylic acids is 1. The molecule has 0 aliphatic carbocycles. The van der Waals surface area contributed by atoms with Crippen LogP contribution in [-0.4, -0.2) is 48.8 Å². The molecule has 0 aliphatic rings. The fourth-order valence-electron chi connectivity index (χ4n) is 1.56. The van der Waals surface area contributed by atoms with Gasteiger partial charge in [-0.05, 0) is 24.3 Å². The second-order valence-corrected chi connectivity index (χ2v) is 5.09. The lowest BCUT2D eigenvalue weighted by Crippen LogP contribution is -2.42. The van der Waals surface area contributed by atoms with Gasteiger partial charge in [-0.15, -0.1) is 0 Å². The zero-order valence-electron chi connectivity index (χ0n) is 12.0. The highest BCUT2D eigenvalue weighted by Crippen LogP contribution is 2.15. The van der Waals surface area contributed by atoms with Crippen molar-refractivity contribution in [3.8, 4) is 5.75 Å². The molecule has 0 aliphatic heterocycles. The van der Waals surface area contributed by atoms with E-state index in [4.69, 9.17) is 21.4 Å². The van der Waals surface area contributed by atoms with E-state index in [1.165, 1.54) is 4.90 Å². The topological polar surface area (TPSA) is 78.9 Å². The molecule has 1 aromatic rings. The first-order valence-corrected chi connectivity index (χ1v) is 6.88. The molecule has 2 N–H and O–H groups in total. The van der Waals surface area contributed by atoms with Crippen molar-refractivity contribution in [2.24, 2.45) is 5.92 Å². The number of carboxylic acid groups (broad SMARTS) is 1. The third-order valence-electron chi connectivity index (χ3n) is 2.78. The van der Waals surface area contributed by atoms with Crippen LogP contribution in [0.25, 0.3) is 0 Å². The van der Waals surface area contributed by atoms with Gasteiger partial charge in [0.15, 0.2) is 0 Å². The summed E-state index contributed by atoms with van der Waals surface area (Å²) >= 11 is 5.75. The lowest BCUT2D eigenvalue weighted by atomic mass is 10.2. The Kier molecular flexibility index (Phi) is 6.81. The first-order valence-electron chi connectivity index (χ1n) is 6.50. The van der Waals surface area contributed by atoms with E-state index < -0.39 is 11.9 Å². The van der Waals surface area contributed by atoms with Gasteiger partial charge in [0.2, 0.25) is 0 Å². The molecular weight excluding hydrogens is 296 g/mol. The maximum atomic E-state index is 11.7. The number of nitrogens with one attached hydrogen (secondary N) is 1. The third-order valence-corrected chi connectivity index (χ3v) is 3.03. The van der Waals surface area contributed by atoms with Crippen LogP contribution >= 0.6 is 11.6 Å². The van der Waals surface area contributed by atoms with Gasteiger partial charge in [0.1, 0.15) is 12.4 Å². The lowest BCUT2D eigenvalue weighted by molar-refractivity contribution is -0.141. The number of hydrogen-bond acceptors (Lipinski definition) is 3. The number of halogens is 1. The molecule has 2 amide bonds. The van der Waals surface area contributed by atoms with Crippen LogP contribution in [0.15, 0.2) is 24.3 Å². The van der Waals surface area contributed by atoms with E-state index in [1.807, 2.05) is 0 Å². The number of carbonyl (C=O) groups excluding carboxylic acids is 1. The summed E-state index contributed by atoms with van der Waals surface area (Å²) in [4.78, 5) is 23.8. The number of benzene rings is 1. The maximum Gasteiger partial charge on any atom is 0.317 e. The van der Waals surface area contributed by atoms with E-state index in [1.54, 1.807) is 38.2 Å². The SMILES string of the molecule is CC(CN(C)C(=O)NCCOc1ccc(Cl)cc1)C(=O)O. The van der Waals surface area contributed by atoms with Crippen LogP contribution in [0.5, 0.6) is 5.75 Å². The van der Waals surface area contributed by atoms with Gasteiger partial charge in [-0.3, -0.25) is 4.79 Å². The molecule has 0 spiro atoms. The van der Waals surface area contributed by atoms with Gasteiger partial charge < -0.3 is 20.1 Å². The Morgan fingerprint density at radius 2 is 2.00 bits per heavy atom. The summed E-state index contributed by atoms with van der Waals surface area (Å²) in [6.07, 6.45) is 0. The van der Waals surface area contributed by atoms with E-state index in [0.29, 0.717) is 23.9 Å². The Labute approximate surface area is 128 Å². The van der Waals surface area contributed by atoms with Crippen molar-refractivity contribution in [2.45, 2.75) is 6.92 Å².